The quantitative estimate of drug-likeness (QED) is 0.0662. The number of rotatable bonds is 21. The Bertz CT molecular complexity index is 941. The van der Waals surface area contributed by atoms with Crippen LogP contribution >= 0.6 is 0 Å². The molecule has 16 nitrogen and oxygen atoms in total. The molecule has 0 aromatic heterocycles. The Morgan fingerprint density at radius 1 is 0.630 bits per heavy atom. The van der Waals surface area contributed by atoms with E-state index in [4.69, 9.17) is 0 Å². The second-order valence-electron chi connectivity index (χ2n) is 11.6. The Morgan fingerprint density at radius 3 is 1.52 bits per heavy atom. The van der Waals surface area contributed by atoms with E-state index in [-0.39, 0.29) is 43.9 Å². The molecule has 1 aliphatic heterocycles. The van der Waals surface area contributed by atoms with Gasteiger partial charge >= 0.3 is 11.9 Å². The number of amides is 3. The van der Waals surface area contributed by atoms with E-state index in [0.717, 1.165) is 12.7 Å². The van der Waals surface area contributed by atoms with Crippen molar-refractivity contribution in [2.24, 2.45) is 0 Å². The summed E-state index contributed by atoms with van der Waals surface area (Å²) in [5, 5.41) is 27.3. The molecule has 0 atom stereocenters. The van der Waals surface area contributed by atoms with Crippen LogP contribution in [-0.4, -0.2) is 189 Å². The van der Waals surface area contributed by atoms with Crippen molar-refractivity contribution >= 4 is 35.9 Å². The summed E-state index contributed by atoms with van der Waals surface area (Å²) in [4.78, 5) is 79.8. The number of unbranched alkanes of at least 4 members (excludes halogenated alkanes) is 1. The number of carbonyl (C=O) groups is 6. The van der Waals surface area contributed by atoms with Crippen molar-refractivity contribution in [2.75, 3.05) is 118 Å². The van der Waals surface area contributed by atoms with Gasteiger partial charge in [-0.3, -0.25) is 43.6 Å². The first-order valence-electron chi connectivity index (χ1n) is 16.3. The minimum Gasteiger partial charge on any atom is -0.480 e. The molecular formula is C30H56N8O8. The summed E-state index contributed by atoms with van der Waals surface area (Å²) in [7, 11) is 1.93. The van der Waals surface area contributed by atoms with Crippen molar-refractivity contribution in [1.82, 2.24) is 40.4 Å². The van der Waals surface area contributed by atoms with Gasteiger partial charge in [-0.15, -0.1) is 0 Å². The number of aliphatic carboxylic acids is 2. The van der Waals surface area contributed by atoms with Crippen molar-refractivity contribution in [3.05, 3.63) is 0 Å². The standard InChI is InChI=1S/C30H56N8O8/c1-3-6-26(40)32-9-11-34(2)12-10-33-27(41)7-4-5-8-31-28(42)23-36-15-13-35(21-22-39)14-16-37(24-29(43)44)19-20-38(18-17-36)25-30(45)46/h22H,3-21,23-25H2,1-2H3,(H,31,42)(H,32,40)(H,33,41)(H,43,44)(H,45,46). The van der Waals surface area contributed by atoms with E-state index in [9.17, 15) is 39.0 Å². The predicted octanol–water partition coefficient (Wildman–Crippen LogP) is -2.17. The zero-order chi connectivity index (χ0) is 34.2. The normalized spacial score (nSPS) is 16.2. The van der Waals surface area contributed by atoms with Gasteiger partial charge in [0.15, 0.2) is 0 Å². The molecular weight excluding hydrogens is 600 g/mol. The molecule has 0 bridgehead atoms. The van der Waals surface area contributed by atoms with Crippen molar-refractivity contribution in [3.63, 3.8) is 0 Å². The molecule has 0 aliphatic carbocycles. The van der Waals surface area contributed by atoms with Gasteiger partial charge in [-0.2, -0.15) is 0 Å². The van der Waals surface area contributed by atoms with Gasteiger partial charge in [-0.1, -0.05) is 6.92 Å². The molecule has 0 spiro atoms. The molecule has 0 aromatic carbocycles. The molecule has 3 amide bonds. The molecule has 0 saturated carbocycles. The highest BCUT2D eigenvalue weighted by Crippen LogP contribution is 2.01. The maximum absolute atomic E-state index is 12.7. The summed E-state index contributed by atoms with van der Waals surface area (Å²) in [6, 6.07) is 0. The van der Waals surface area contributed by atoms with Crippen molar-refractivity contribution in [1.29, 1.82) is 0 Å². The lowest BCUT2D eigenvalue weighted by Gasteiger charge is -2.32. The fourth-order valence-electron chi connectivity index (χ4n) is 4.91. The number of carboxylic acid groups (broad SMARTS) is 2. The average Bonchev–Trinajstić information content (AvgIpc) is 2.98. The molecule has 264 valence electrons. The maximum Gasteiger partial charge on any atom is 0.317 e. The van der Waals surface area contributed by atoms with Crippen molar-refractivity contribution in [2.45, 2.75) is 39.0 Å². The zero-order valence-corrected chi connectivity index (χ0v) is 27.7. The zero-order valence-electron chi connectivity index (χ0n) is 27.7. The highest BCUT2D eigenvalue weighted by molar-refractivity contribution is 5.78. The number of aldehydes is 1. The summed E-state index contributed by atoms with van der Waals surface area (Å²) in [6.45, 7) is 8.16. The largest absolute Gasteiger partial charge is 0.480 e. The fraction of sp³-hybridized carbons (Fsp3) is 0.800. The predicted molar refractivity (Wildman–Crippen MR) is 172 cm³/mol. The number of carbonyl (C=O) groups excluding carboxylic acids is 4. The number of hydrogen-bond acceptors (Lipinski definition) is 11. The Kier molecular flexibility index (Phi) is 22.2. The third kappa shape index (κ3) is 21.5. The third-order valence-corrected chi connectivity index (χ3v) is 7.61. The minimum absolute atomic E-state index is 0.0489. The van der Waals surface area contributed by atoms with Crippen LogP contribution in [0.15, 0.2) is 0 Å². The SMILES string of the molecule is CCCC(=O)NCCN(C)CCNC(=O)CCCCNC(=O)CN1CCN(CC=O)CCN(CC(=O)O)CCN(CC(=O)O)CC1. The van der Waals surface area contributed by atoms with Crippen LogP contribution in [0.5, 0.6) is 0 Å². The van der Waals surface area contributed by atoms with E-state index in [0.29, 0.717) is 111 Å². The van der Waals surface area contributed by atoms with Gasteiger partial charge in [0.2, 0.25) is 17.7 Å². The second-order valence-corrected chi connectivity index (χ2v) is 11.6. The number of carboxylic acids is 2. The number of likely N-dealkylation sites (N-methyl/N-ethyl adjacent to an activating group) is 1. The molecule has 1 fully saturated rings. The van der Waals surface area contributed by atoms with Crippen LogP contribution in [-0.2, 0) is 28.8 Å². The van der Waals surface area contributed by atoms with Crippen LogP contribution in [0.2, 0.25) is 0 Å². The van der Waals surface area contributed by atoms with Gasteiger partial charge in [0.1, 0.15) is 6.29 Å². The molecule has 1 rings (SSSR count). The fourth-order valence-corrected chi connectivity index (χ4v) is 4.91. The van der Waals surface area contributed by atoms with Gasteiger partial charge in [-0.05, 0) is 26.3 Å². The monoisotopic (exact) mass is 656 g/mol. The van der Waals surface area contributed by atoms with E-state index < -0.39 is 11.9 Å². The molecule has 0 unspecified atom stereocenters. The van der Waals surface area contributed by atoms with Gasteiger partial charge in [-0.25, -0.2) is 0 Å². The van der Waals surface area contributed by atoms with Crippen LogP contribution in [0.3, 0.4) is 0 Å². The van der Waals surface area contributed by atoms with E-state index >= 15 is 0 Å². The molecule has 0 aromatic rings. The summed E-state index contributed by atoms with van der Waals surface area (Å²) in [6.07, 6.45) is 3.77. The second kappa shape index (κ2) is 25.0. The lowest BCUT2D eigenvalue weighted by molar-refractivity contribution is -0.140. The lowest BCUT2D eigenvalue weighted by Crippen LogP contribution is -2.49. The number of hydrogen-bond donors (Lipinski definition) is 5. The number of nitrogens with one attached hydrogen (secondary N) is 3. The smallest absolute Gasteiger partial charge is 0.317 e. The van der Waals surface area contributed by atoms with E-state index in [2.05, 4.69) is 16.0 Å². The summed E-state index contributed by atoms with van der Waals surface area (Å²) >= 11 is 0. The van der Waals surface area contributed by atoms with E-state index in [1.54, 1.807) is 9.80 Å². The molecule has 16 heteroatoms. The highest BCUT2D eigenvalue weighted by Gasteiger charge is 2.20. The Balaban J connectivity index is 2.44. The molecule has 0 radical (unpaired) electrons. The summed E-state index contributed by atoms with van der Waals surface area (Å²) in [5.74, 6) is -2.13. The Hall–Kier alpha value is -3.18. The van der Waals surface area contributed by atoms with Crippen molar-refractivity contribution in [3.8, 4) is 0 Å². The van der Waals surface area contributed by atoms with Crippen LogP contribution in [0.4, 0.5) is 0 Å². The molecule has 1 aliphatic rings. The first-order chi connectivity index (χ1) is 22.0. The van der Waals surface area contributed by atoms with Gasteiger partial charge < -0.3 is 35.9 Å². The van der Waals surface area contributed by atoms with Gasteiger partial charge in [0.05, 0.1) is 26.2 Å². The van der Waals surface area contributed by atoms with Crippen LogP contribution in [0, 0.1) is 0 Å². The van der Waals surface area contributed by atoms with Crippen LogP contribution in [0.25, 0.3) is 0 Å². The Morgan fingerprint density at radius 2 is 1.07 bits per heavy atom. The molecule has 1 saturated heterocycles. The van der Waals surface area contributed by atoms with E-state index in [1.807, 2.05) is 28.7 Å². The average molecular weight is 657 g/mol. The van der Waals surface area contributed by atoms with Crippen LogP contribution < -0.4 is 16.0 Å². The minimum atomic E-state index is -0.983. The topological polar surface area (TPSA) is 195 Å². The molecule has 5 N–H and O–H groups in total. The highest BCUT2D eigenvalue weighted by atomic mass is 16.4. The van der Waals surface area contributed by atoms with Crippen LogP contribution in [0.1, 0.15) is 39.0 Å². The van der Waals surface area contributed by atoms with E-state index in [1.165, 1.54) is 0 Å². The Labute approximate surface area is 272 Å². The summed E-state index contributed by atoms with van der Waals surface area (Å²) in [5.41, 5.74) is 0. The van der Waals surface area contributed by atoms with Gasteiger partial charge in [0.25, 0.3) is 0 Å². The summed E-state index contributed by atoms with van der Waals surface area (Å²) < 4.78 is 0. The van der Waals surface area contributed by atoms with Gasteiger partial charge in [0, 0.05) is 97.9 Å². The lowest BCUT2D eigenvalue weighted by atomic mass is 10.2. The first-order valence-corrected chi connectivity index (χ1v) is 16.3. The number of nitrogens with zero attached hydrogens (tertiary/aromatic N) is 5. The third-order valence-electron chi connectivity index (χ3n) is 7.61. The maximum atomic E-state index is 12.7. The molecule has 46 heavy (non-hydrogen) atoms. The van der Waals surface area contributed by atoms with Crippen molar-refractivity contribution < 1.29 is 39.0 Å². The first kappa shape index (κ1) is 40.8. The molecule has 1 heterocycles.